The van der Waals surface area contributed by atoms with Crippen LogP contribution in [-0.4, -0.2) is 41.5 Å². The monoisotopic (exact) mass is 350 g/mol. The van der Waals surface area contributed by atoms with E-state index in [0.29, 0.717) is 0 Å². The Labute approximate surface area is 145 Å². The molecule has 0 spiro atoms. The van der Waals surface area contributed by atoms with Crippen LogP contribution in [0.25, 0.3) is 0 Å². The van der Waals surface area contributed by atoms with Crippen LogP contribution in [0.2, 0.25) is 0 Å². The summed E-state index contributed by atoms with van der Waals surface area (Å²) in [6.45, 7) is 4.68. The number of carboxylic acids is 1. The van der Waals surface area contributed by atoms with Gasteiger partial charge in [-0.15, -0.1) is 0 Å². The Bertz CT molecular complexity index is 658. The molecule has 0 fully saturated rings. The molecule has 0 saturated heterocycles. The van der Waals surface area contributed by atoms with Crippen LogP contribution >= 0.6 is 0 Å². The summed E-state index contributed by atoms with van der Waals surface area (Å²) in [4.78, 5) is 46.7. The van der Waals surface area contributed by atoms with E-state index >= 15 is 0 Å². The van der Waals surface area contributed by atoms with E-state index in [4.69, 9.17) is 4.74 Å². The van der Waals surface area contributed by atoms with Gasteiger partial charge in [-0.25, -0.2) is 4.79 Å². The molecule has 1 aromatic carbocycles. The summed E-state index contributed by atoms with van der Waals surface area (Å²) < 4.78 is 4.80. The molecule has 0 aliphatic heterocycles. The van der Waals surface area contributed by atoms with Gasteiger partial charge in [0, 0.05) is 6.92 Å². The molecule has 0 aromatic heterocycles. The summed E-state index contributed by atoms with van der Waals surface area (Å²) in [5, 5.41) is 14.3. The van der Waals surface area contributed by atoms with Crippen molar-refractivity contribution < 1.29 is 29.0 Å². The maximum absolute atomic E-state index is 12.4. The van der Waals surface area contributed by atoms with Crippen LogP contribution in [0.5, 0.6) is 0 Å². The molecule has 0 bridgehead atoms. The number of nitrogens with one attached hydrogen (secondary N) is 2. The second-order valence-electron chi connectivity index (χ2n) is 5.50. The van der Waals surface area contributed by atoms with Crippen molar-refractivity contribution in [1.29, 1.82) is 0 Å². The van der Waals surface area contributed by atoms with Crippen molar-refractivity contribution in [3.63, 3.8) is 0 Å². The minimum Gasteiger partial charge on any atom is -0.480 e. The van der Waals surface area contributed by atoms with Crippen molar-refractivity contribution in [3.05, 3.63) is 29.8 Å². The summed E-state index contributed by atoms with van der Waals surface area (Å²) in [6.07, 6.45) is -0.140. The first-order chi connectivity index (χ1) is 11.8. The number of para-hydroxylation sites is 1. The molecule has 0 unspecified atom stereocenters. The van der Waals surface area contributed by atoms with Crippen molar-refractivity contribution in [2.24, 2.45) is 5.92 Å². The van der Waals surface area contributed by atoms with Crippen molar-refractivity contribution in [2.45, 2.75) is 33.2 Å². The van der Waals surface area contributed by atoms with E-state index in [1.54, 1.807) is 19.1 Å². The van der Waals surface area contributed by atoms with Crippen LogP contribution in [0.15, 0.2) is 24.3 Å². The molecule has 0 radical (unpaired) electrons. The Morgan fingerprint density at radius 3 is 2.40 bits per heavy atom. The zero-order chi connectivity index (χ0) is 19.0. The van der Waals surface area contributed by atoms with Gasteiger partial charge in [-0.05, 0) is 25.0 Å². The maximum Gasteiger partial charge on any atom is 0.326 e. The van der Waals surface area contributed by atoms with Gasteiger partial charge in [0.25, 0.3) is 5.91 Å². The van der Waals surface area contributed by atoms with Gasteiger partial charge in [0.05, 0.1) is 24.3 Å². The third-order valence-corrected chi connectivity index (χ3v) is 3.40. The van der Waals surface area contributed by atoms with Gasteiger partial charge in [-0.1, -0.05) is 19.1 Å². The van der Waals surface area contributed by atoms with E-state index in [9.17, 15) is 24.3 Å². The molecule has 2 amide bonds. The fourth-order valence-electron chi connectivity index (χ4n) is 2.25. The number of ether oxygens (including phenoxy) is 1. The SMILES string of the molecule is CCOC(=O)C[C@H](C)[C@@H](NC(=O)c1ccccc1NC(C)=O)C(=O)O. The van der Waals surface area contributed by atoms with E-state index in [1.165, 1.54) is 26.0 Å². The highest BCUT2D eigenvalue weighted by atomic mass is 16.5. The smallest absolute Gasteiger partial charge is 0.326 e. The lowest BCUT2D eigenvalue weighted by atomic mass is 9.97. The Hall–Kier alpha value is -2.90. The third kappa shape index (κ3) is 6.25. The van der Waals surface area contributed by atoms with Gasteiger partial charge in [0.2, 0.25) is 5.91 Å². The highest BCUT2D eigenvalue weighted by Crippen LogP contribution is 2.17. The van der Waals surface area contributed by atoms with Crippen LogP contribution < -0.4 is 10.6 Å². The molecule has 0 heterocycles. The lowest BCUT2D eigenvalue weighted by Gasteiger charge is -2.21. The summed E-state index contributed by atoms with van der Waals surface area (Å²) >= 11 is 0. The predicted molar refractivity (Wildman–Crippen MR) is 90.0 cm³/mol. The lowest BCUT2D eigenvalue weighted by molar-refractivity contribution is -0.146. The number of rotatable bonds is 8. The van der Waals surface area contributed by atoms with Crippen LogP contribution in [0.1, 0.15) is 37.6 Å². The molecule has 3 N–H and O–H groups in total. The minimum absolute atomic E-state index is 0.132. The van der Waals surface area contributed by atoms with Gasteiger partial charge < -0.3 is 20.5 Å². The summed E-state index contributed by atoms with van der Waals surface area (Å²) in [5.41, 5.74) is 0.405. The van der Waals surface area contributed by atoms with E-state index < -0.39 is 29.8 Å². The number of carbonyl (C=O) groups is 4. The van der Waals surface area contributed by atoms with Gasteiger partial charge in [0.15, 0.2) is 0 Å². The Morgan fingerprint density at radius 2 is 1.84 bits per heavy atom. The van der Waals surface area contributed by atoms with Crippen LogP contribution in [0, 0.1) is 5.92 Å². The normalized spacial score (nSPS) is 12.6. The number of esters is 1. The highest BCUT2D eigenvalue weighted by molar-refractivity contribution is 6.04. The predicted octanol–water partition coefficient (Wildman–Crippen LogP) is 1.42. The fourth-order valence-corrected chi connectivity index (χ4v) is 2.25. The maximum atomic E-state index is 12.4. The molecule has 8 nitrogen and oxygen atoms in total. The number of aliphatic carboxylic acids is 1. The van der Waals surface area contributed by atoms with Crippen molar-refractivity contribution in [3.8, 4) is 0 Å². The molecule has 0 saturated carbocycles. The molecular weight excluding hydrogens is 328 g/mol. The molecule has 136 valence electrons. The quantitative estimate of drug-likeness (QED) is 0.610. The molecule has 25 heavy (non-hydrogen) atoms. The third-order valence-electron chi connectivity index (χ3n) is 3.40. The molecule has 2 atom stereocenters. The second-order valence-corrected chi connectivity index (χ2v) is 5.50. The van der Waals surface area contributed by atoms with Crippen LogP contribution in [-0.2, 0) is 19.1 Å². The number of carbonyl (C=O) groups excluding carboxylic acids is 3. The average Bonchev–Trinajstić information content (AvgIpc) is 2.52. The number of hydrogen-bond acceptors (Lipinski definition) is 5. The zero-order valence-corrected chi connectivity index (χ0v) is 14.4. The standard InChI is InChI=1S/C17H22N2O6/c1-4-25-14(21)9-10(2)15(17(23)24)19-16(22)12-7-5-6-8-13(12)18-11(3)20/h5-8,10,15H,4,9H2,1-3H3,(H,18,20)(H,19,22)(H,23,24)/t10-,15+/m0/s1. The Balaban J connectivity index is 2.92. The van der Waals surface area contributed by atoms with E-state index in [-0.39, 0.29) is 30.2 Å². The first-order valence-corrected chi connectivity index (χ1v) is 7.82. The zero-order valence-electron chi connectivity index (χ0n) is 14.4. The number of hydrogen-bond donors (Lipinski definition) is 3. The van der Waals surface area contributed by atoms with Crippen molar-refractivity contribution in [2.75, 3.05) is 11.9 Å². The first kappa shape index (κ1) is 20.1. The lowest BCUT2D eigenvalue weighted by Crippen LogP contribution is -2.46. The fraction of sp³-hybridized carbons (Fsp3) is 0.412. The molecule has 1 aromatic rings. The average molecular weight is 350 g/mol. The molecule has 1 rings (SSSR count). The van der Waals surface area contributed by atoms with Gasteiger partial charge in [0.1, 0.15) is 6.04 Å². The van der Waals surface area contributed by atoms with E-state index in [1.807, 2.05) is 0 Å². The first-order valence-electron chi connectivity index (χ1n) is 7.82. The Kier molecular flexibility index (Phi) is 7.58. The molecular formula is C17H22N2O6. The highest BCUT2D eigenvalue weighted by Gasteiger charge is 2.29. The van der Waals surface area contributed by atoms with Crippen LogP contribution in [0.4, 0.5) is 5.69 Å². The number of amides is 2. The topological polar surface area (TPSA) is 122 Å². The largest absolute Gasteiger partial charge is 0.480 e. The summed E-state index contributed by atoms with van der Waals surface area (Å²) in [7, 11) is 0. The van der Waals surface area contributed by atoms with Crippen molar-refractivity contribution >= 4 is 29.4 Å². The molecule has 8 heteroatoms. The van der Waals surface area contributed by atoms with Crippen molar-refractivity contribution in [1.82, 2.24) is 5.32 Å². The summed E-state index contributed by atoms with van der Waals surface area (Å²) in [6, 6.07) is 4.96. The molecule has 0 aliphatic carbocycles. The van der Waals surface area contributed by atoms with Crippen LogP contribution in [0.3, 0.4) is 0 Å². The number of benzene rings is 1. The number of carboxylic acid groups (broad SMARTS) is 1. The Morgan fingerprint density at radius 1 is 1.20 bits per heavy atom. The number of anilines is 1. The van der Waals surface area contributed by atoms with Gasteiger partial charge in [-0.2, -0.15) is 0 Å². The summed E-state index contributed by atoms with van der Waals surface area (Å²) in [5.74, 6) is -3.48. The minimum atomic E-state index is -1.28. The molecule has 0 aliphatic rings. The second kappa shape index (κ2) is 9.41. The van der Waals surface area contributed by atoms with E-state index in [0.717, 1.165) is 0 Å². The van der Waals surface area contributed by atoms with Gasteiger partial charge in [-0.3, -0.25) is 14.4 Å². The van der Waals surface area contributed by atoms with Gasteiger partial charge >= 0.3 is 11.9 Å². The van der Waals surface area contributed by atoms with E-state index in [2.05, 4.69) is 10.6 Å².